The lowest BCUT2D eigenvalue weighted by molar-refractivity contribution is -0.135. The van der Waals surface area contributed by atoms with Gasteiger partial charge < -0.3 is 19.9 Å². The van der Waals surface area contributed by atoms with Crippen molar-refractivity contribution >= 4 is 20.1 Å². The highest BCUT2D eigenvalue weighted by atomic mass is 28.3. The molecule has 0 spiro atoms. The van der Waals surface area contributed by atoms with Crippen molar-refractivity contribution < 1.29 is 14.3 Å². The monoisotopic (exact) mass is 466 g/mol. The van der Waals surface area contributed by atoms with E-state index in [1.165, 1.54) is 7.11 Å². The molecule has 3 rings (SSSR count). The molecule has 2 heterocycles. The predicted octanol–water partition coefficient (Wildman–Crippen LogP) is 4.35. The maximum atomic E-state index is 13.3. The average Bonchev–Trinajstić information content (AvgIpc) is 3.44. The molecule has 1 aromatic heterocycles. The van der Waals surface area contributed by atoms with Gasteiger partial charge in [0, 0.05) is 12.1 Å². The predicted molar refractivity (Wildman–Crippen MR) is 132 cm³/mol. The molecule has 1 aliphatic rings. The summed E-state index contributed by atoms with van der Waals surface area (Å²) in [5.41, 5.74) is 6.32. The van der Waals surface area contributed by atoms with Crippen LogP contribution >= 0.6 is 0 Å². The summed E-state index contributed by atoms with van der Waals surface area (Å²) in [6.07, 6.45) is 2.93. The number of likely N-dealkylation sites (tertiary alicyclic amines) is 1. The van der Waals surface area contributed by atoms with Crippen molar-refractivity contribution in [3.8, 4) is 22.7 Å². The molecule has 2 atom stereocenters. The SMILES string of the molecule is COC(=O)NC(C(=O)N1CCC[C@H]1c1ncc(-c2ccc(C#C[Si](C)(C)C)cc2)[nH]1)C(C)C. The number of H-pyrrole nitrogens is 1. The Morgan fingerprint density at radius 2 is 1.94 bits per heavy atom. The fourth-order valence-corrected chi connectivity index (χ4v) is 4.36. The number of aromatic amines is 1. The Morgan fingerprint density at radius 1 is 1.24 bits per heavy atom. The molecule has 0 bridgehead atoms. The van der Waals surface area contributed by atoms with Gasteiger partial charge in [0.1, 0.15) is 19.9 Å². The van der Waals surface area contributed by atoms with Crippen molar-refractivity contribution in [2.24, 2.45) is 5.92 Å². The van der Waals surface area contributed by atoms with E-state index in [-0.39, 0.29) is 17.9 Å². The highest BCUT2D eigenvalue weighted by molar-refractivity contribution is 6.83. The number of alkyl carbamates (subject to hydrolysis) is 1. The van der Waals surface area contributed by atoms with Gasteiger partial charge in [-0.3, -0.25) is 4.79 Å². The molecule has 1 fully saturated rings. The minimum atomic E-state index is -1.41. The van der Waals surface area contributed by atoms with Crippen LogP contribution in [0.5, 0.6) is 0 Å². The molecule has 2 N–H and O–H groups in total. The minimum absolute atomic E-state index is 0.0624. The molecule has 2 amide bonds. The van der Waals surface area contributed by atoms with Gasteiger partial charge in [-0.2, -0.15) is 0 Å². The first kappa shape index (κ1) is 24.6. The van der Waals surface area contributed by atoms with Crippen molar-refractivity contribution in [3.05, 3.63) is 41.9 Å². The van der Waals surface area contributed by atoms with Crippen molar-refractivity contribution in [3.63, 3.8) is 0 Å². The molecule has 0 radical (unpaired) electrons. The first-order valence-corrected chi connectivity index (χ1v) is 14.9. The van der Waals surface area contributed by atoms with Gasteiger partial charge in [-0.05, 0) is 36.5 Å². The second-order valence-electron chi connectivity index (χ2n) is 9.81. The normalized spacial score (nSPS) is 16.8. The number of imidazole rings is 1. The lowest BCUT2D eigenvalue weighted by atomic mass is 10.0. The zero-order valence-corrected chi connectivity index (χ0v) is 21.4. The number of hydrogen-bond donors (Lipinski definition) is 2. The molecule has 1 unspecified atom stereocenters. The van der Waals surface area contributed by atoms with E-state index in [4.69, 9.17) is 4.74 Å². The number of nitrogens with one attached hydrogen (secondary N) is 2. The Morgan fingerprint density at radius 3 is 2.55 bits per heavy atom. The van der Waals surface area contributed by atoms with Gasteiger partial charge >= 0.3 is 6.09 Å². The molecular formula is C25H34N4O3Si. The van der Waals surface area contributed by atoms with Crippen LogP contribution in [0.1, 0.15) is 44.1 Å². The summed E-state index contributed by atoms with van der Waals surface area (Å²) in [6.45, 7) is 11.1. The number of carbonyl (C=O) groups is 2. The number of aromatic nitrogens is 2. The molecule has 2 aromatic rings. The Kier molecular flexibility index (Phi) is 7.64. The second kappa shape index (κ2) is 10.3. The number of hydrogen-bond acceptors (Lipinski definition) is 4. The van der Waals surface area contributed by atoms with Crippen LogP contribution in [0, 0.1) is 17.4 Å². The summed E-state index contributed by atoms with van der Waals surface area (Å²) in [6, 6.07) is 7.35. The Hall–Kier alpha value is -3.05. The fourth-order valence-electron chi connectivity index (χ4n) is 3.84. The molecular weight excluding hydrogens is 432 g/mol. The van der Waals surface area contributed by atoms with Crippen molar-refractivity contribution in [2.45, 2.75) is 58.4 Å². The number of carbonyl (C=O) groups excluding carboxylic acids is 2. The van der Waals surface area contributed by atoms with Crippen LogP contribution in [-0.2, 0) is 9.53 Å². The molecule has 1 aliphatic heterocycles. The van der Waals surface area contributed by atoms with Crippen LogP contribution in [0.25, 0.3) is 11.3 Å². The summed E-state index contributed by atoms with van der Waals surface area (Å²) in [5, 5.41) is 2.68. The van der Waals surface area contributed by atoms with Crippen molar-refractivity contribution in [1.82, 2.24) is 20.2 Å². The highest BCUT2D eigenvalue weighted by Gasteiger charge is 2.37. The summed E-state index contributed by atoms with van der Waals surface area (Å²) in [4.78, 5) is 34.8. The first-order valence-electron chi connectivity index (χ1n) is 11.4. The molecule has 176 valence electrons. The van der Waals surface area contributed by atoms with Gasteiger partial charge in [0.25, 0.3) is 0 Å². The Bertz CT molecular complexity index is 1040. The Labute approximate surface area is 197 Å². The van der Waals surface area contributed by atoms with Gasteiger partial charge in [-0.15, -0.1) is 5.54 Å². The number of ether oxygens (including phenoxy) is 1. The van der Waals surface area contributed by atoms with Crippen molar-refractivity contribution in [1.29, 1.82) is 0 Å². The molecule has 8 heteroatoms. The number of rotatable bonds is 5. The molecule has 1 aromatic carbocycles. The number of nitrogens with zero attached hydrogens (tertiary/aromatic N) is 2. The molecule has 33 heavy (non-hydrogen) atoms. The van der Waals surface area contributed by atoms with E-state index >= 15 is 0 Å². The number of methoxy groups -OCH3 is 1. The average molecular weight is 467 g/mol. The minimum Gasteiger partial charge on any atom is -0.453 e. The van der Waals surface area contributed by atoms with E-state index in [1.54, 1.807) is 0 Å². The summed E-state index contributed by atoms with van der Waals surface area (Å²) < 4.78 is 4.70. The van der Waals surface area contributed by atoms with Crippen LogP contribution in [0.2, 0.25) is 19.6 Å². The van der Waals surface area contributed by atoms with Crippen LogP contribution in [0.3, 0.4) is 0 Å². The lowest BCUT2D eigenvalue weighted by Gasteiger charge is -2.30. The van der Waals surface area contributed by atoms with Gasteiger partial charge in [0.15, 0.2) is 0 Å². The fraction of sp³-hybridized carbons (Fsp3) is 0.480. The summed E-state index contributed by atoms with van der Waals surface area (Å²) >= 11 is 0. The zero-order valence-electron chi connectivity index (χ0n) is 20.4. The van der Waals surface area contributed by atoms with E-state index in [0.717, 1.165) is 35.5 Å². The van der Waals surface area contributed by atoms with E-state index in [0.29, 0.717) is 6.54 Å². The van der Waals surface area contributed by atoms with Gasteiger partial charge in [0.2, 0.25) is 5.91 Å². The Balaban J connectivity index is 1.76. The van der Waals surface area contributed by atoms with Gasteiger partial charge in [-0.25, -0.2) is 9.78 Å². The summed E-state index contributed by atoms with van der Waals surface area (Å²) in [7, 11) is -0.114. The molecule has 0 aliphatic carbocycles. The smallest absolute Gasteiger partial charge is 0.407 e. The van der Waals surface area contributed by atoms with E-state index < -0.39 is 20.2 Å². The van der Waals surface area contributed by atoms with Crippen molar-refractivity contribution in [2.75, 3.05) is 13.7 Å². The number of benzene rings is 1. The highest BCUT2D eigenvalue weighted by Crippen LogP contribution is 2.32. The quantitative estimate of drug-likeness (QED) is 0.507. The van der Waals surface area contributed by atoms with E-state index in [2.05, 4.69) is 46.4 Å². The van der Waals surface area contributed by atoms with Crippen LogP contribution in [-0.4, -0.2) is 54.6 Å². The topological polar surface area (TPSA) is 87.3 Å². The summed E-state index contributed by atoms with van der Waals surface area (Å²) in [5.74, 6) is 3.86. The third kappa shape index (κ3) is 6.26. The third-order valence-corrected chi connectivity index (χ3v) is 6.49. The zero-order chi connectivity index (χ0) is 24.2. The lowest BCUT2D eigenvalue weighted by Crippen LogP contribution is -2.51. The molecule has 0 saturated carbocycles. The molecule has 7 nitrogen and oxygen atoms in total. The second-order valence-corrected chi connectivity index (χ2v) is 14.6. The number of amides is 2. The van der Waals surface area contributed by atoms with E-state index in [9.17, 15) is 9.59 Å². The standard InChI is InChI=1S/C25H34N4O3Si/c1-17(2)22(28-25(31)32-3)24(30)29-14-7-8-21(29)23-26-16-20(27-23)19-11-9-18(10-12-19)13-15-33(4,5)6/h9-12,16-17,21-22H,7-8,14H2,1-6H3,(H,26,27)(H,28,31)/t21-,22?/m0/s1. The first-order chi connectivity index (χ1) is 15.6. The maximum absolute atomic E-state index is 13.3. The van der Waals surface area contributed by atoms with E-state index in [1.807, 2.05) is 49.2 Å². The third-order valence-electron chi connectivity index (χ3n) is 5.62. The van der Waals surface area contributed by atoms with Gasteiger partial charge in [-0.1, -0.05) is 51.5 Å². The van der Waals surface area contributed by atoms with Gasteiger partial charge in [0.05, 0.1) is 25.0 Å². The van der Waals surface area contributed by atoms with Crippen LogP contribution in [0.4, 0.5) is 4.79 Å². The van der Waals surface area contributed by atoms with Crippen LogP contribution in [0.15, 0.2) is 30.5 Å². The largest absolute Gasteiger partial charge is 0.453 e. The van der Waals surface area contributed by atoms with Crippen LogP contribution < -0.4 is 5.32 Å². The maximum Gasteiger partial charge on any atom is 0.407 e. The molecule has 1 saturated heterocycles.